The third kappa shape index (κ3) is 3.55. The summed E-state index contributed by atoms with van der Waals surface area (Å²) < 4.78 is 19.1. The lowest BCUT2D eigenvalue weighted by Gasteiger charge is -2.10. The Balaban J connectivity index is 2.15. The number of benzene rings is 2. The molecule has 0 heterocycles. The molecule has 5 nitrogen and oxygen atoms in total. The lowest BCUT2D eigenvalue weighted by atomic mass is 10.1. The van der Waals surface area contributed by atoms with Gasteiger partial charge in [-0.2, -0.15) is 0 Å². The number of nitrogens with zero attached hydrogens (tertiary/aromatic N) is 1. The van der Waals surface area contributed by atoms with Crippen molar-refractivity contribution in [1.29, 1.82) is 0 Å². The molecule has 0 aliphatic heterocycles. The molecule has 0 saturated heterocycles. The number of nitro benzene ring substituents is 1. The van der Waals surface area contributed by atoms with Crippen LogP contribution in [-0.4, -0.2) is 10.0 Å². The summed E-state index contributed by atoms with van der Waals surface area (Å²) in [5.41, 5.74) is 0.727. The standard InChI is InChI=1S/C15H14FNO4/c1-10(18)11-6-7-15(13(16)8-11)21-9-12-4-2-3-5-14(12)17(19)20/h2-8,10,18H,9H2,1H3/t10-/m0/s1. The van der Waals surface area contributed by atoms with Crippen molar-refractivity contribution in [1.82, 2.24) is 0 Å². The number of hydrogen-bond donors (Lipinski definition) is 1. The van der Waals surface area contributed by atoms with Gasteiger partial charge in [-0.1, -0.05) is 18.2 Å². The molecule has 0 bridgehead atoms. The number of para-hydroxylation sites is 1. The number of halogens is 1. The van der Waals surface area contributed by atoms with Crippen LogP contribution in [0, 0.1) is 15.9 Å². The highest BCUT2D eigenvalue weighted by atomic mass is 19.1. The van der Waals surface area contributed by atoms with E-state index >= 15 is 0 Å². The predicted molar refractivity (Wildman–Crippen MR) is 74.5 cm³/mol. The summed E-state index contributed by atoms with van der Waals surface area (Å²) in [6.45, 7) is 1.42. The highest BCUT2D eigenvalue weighted by molar-refractivity contribution is 5.40. The van der Waals surface area contributed by atoms with Crippen LogP contribution >= 0.6 is 0 Å². The molecule has 110 valence electrons. The van der Waals surface area contributed by atoms with Gasteiger partial charge in [-0.25, -0.2) is 4.39 Å². The van der Waals surface area contributed by atoms with Crippen LogP contribution in [-0.2, 0) is 6.61 Å². The first-order chi connectivity index (χ1) is 9.99. The number of ether oxygens (including phenoxy) is 1. The molecule has 0 aliphatic rings. The molecule has 0 saturated carbocycles. The molecule has 21 heavy (non-hydrogen) atoms. The zero-order chi connectivity index (χ0) is 15.4. The Hall–Kier alpha value is -2.47. The number of nitro groups is 1. The van der Waals surface area contributed by atoms with Crippen molar-refractivity contribution >= 4 is 5.69 Å². The monoisotopic (exact) mass is 291 g/mol. The molecule has 0 aromatic heterocycles. The Morgan fingerprint density at radius 2 is 2.05 bits per heavy atom. The van der Waals surface area contributed by atoms with Crippen LogP contribution in [0.3, 0.4) is 0 Å². The number of hydrogen-bond acceptors (Lipinski definition) is 4. The smallest absolute Gasteiger partial charge is 0.276 e. The summed E-state index contributed by atoms with van der Waals surface area (Å²) in [5.74, 6) is -0.635. The van der Waals surface area contributed by atoms with E-state index in [9.17, 15) is 19.6 Å². The molecule has 0 aliphatic carbocycles. The maximum Gasteiger partial charge on any atom is 0.276 e. The van der Waals surface area contributed by atoms with Gasteiger partial charge in [0.1, 0.15) is 6.61 Å². The van der Waals surface area contributed by atoms with Crippen molar-refractivity contribution in [3.05, 3.63) is 69.5 Å². The SMILES string of the molecule is C[C@H](O)c1ccc(OCc2ccccc2[N+](=O)[O-])c(F)c1. The van der Waals surface area contributed by atoms with Crippen LogP contribution in [0.5, 0.6) is 5.75 Å². The fourth-order valence-electron chi connectivity index (χ4n) is 1.86. The van der Waals surface area contributed by atoms with Gasteiger partial charge in [0.25, 0.3) is 5.69 Å². The van der Waals surface area contributed by atoms with Crippen molar-refractivity contribution < 1.29 is 19.2 Å². The Morgan fingerprint density at radius 3 is 2.67 bits per heavy atom. The van der Waals surface area contributed by atoms with E-state index in [4.69, 9.17) is 4.74 Å². The zero-order valence-corrected chi connectivity index (χ0v) is 11.3. The molecule has 6 heteroatoms. The molecule has 1 atom stereocenters. The fraction of sp³-hybridized carbons (Fsp3) is 0.200. The number of aliphatic hydroxyl groups excluding tert-OH is 1. The zero-order valence-electron chi connectivity index (χ0n) is 11.3. The van der Waals surface area contributed by atoms with Gasteiger partial charge in [-0.3, -0.25) is 10.1 Å². The largest absolute Gasteiger partial charge is 0.486 e. The second-order valence-electron chi connectivity index (χ2n) is 4.54. The molecule has 1 N–H and O–H groups in total. The highest BCUT2D eigenvalue weighted by Gasteiger charge is 2.14. The molecular formula is C15H14FNO4. The number of aliphatic hydroxyl groups is 1. The average Bonchev–Trinajstić information content (AvgIpc) is 2.46. The normalized spacial score (nSPS) is 12.0. The summed E-state index contributed by atoms with van der Waals surface area (Å²) in [5, 5.41) is 20.2. The molecule has 2 rings (SSSR count). The van der Waals surface area contributed by atoms with Crippen LogP contribution < -0.4 is 4.74 Å². The highest BCUT2D eigenvalue weighted by Crippen LogP contribution is 2.24. The molecular weight excluding hydrogens is 277 g/mol. The van der Waals surface area contributed by atoms with Crippen molar-refractivity contribution in [2.24, 2.45) is 0 Å². The van der Waals surface area contributed by atoms with E-state index in [1.807, 2.05) is 0 Å². The Kier molecular flexibility index (Phi) is 4.49. The minimum atomic E-state index is -0.774. The first-order valence-electron chi connectivity index (χ1n) is 6.31. The van der Waals surface area contributed by atoms with E-state index in [0.29, 0.717) is 11.1 Å². The van der Waals surface area contributed by atoms with Gasteiger partial charge in [0.15, 0.2) is 11.6 Å². The molecule has 2 aromatic rings. The molecule has 0 unspecified atom stereocenters. The molecule has 0 fully saturated rings. The van der Waals surface area contributed by atoms with Crippen LogP contribution in [0.15, 0.2) is 42.5 Å². The third-order valence-electron chi connectivity index (χ3n) is 3.01. The van der Waals surface area contributed by atoms with E-state index in [0.717, 1.165) is 0 Å². The quantitative estimate of drug-likeness (QED) is 0.677. The summed E-state index contributed by atoms with van der Waals surface area (Å²) in [4.78, 5) is 10.4. The predicted octanol–water partition coefficient (Wildman–Crippen LogP) is 3.37. The van der Waals surface area contributed by atoms with Crippen LogP contribution in [0.25, 0.3) is 0 Å². The van der Waals surface area contributed by atoms with Crippen molar-refractivity contribution in [2.75, 3.05) is 0 Å². The number of rotatable bonds is 5. The van der Waals surface area contributed by atoms with E-state index in [2.05, 4.69) is 0 Å². The van der Waals surface area contributed by atoms with E-state index < -0.39 is 16.8 Å². The summed E-state index contributed by atoms with van der Waals surface area (Å²) in [7, 11) is 0. The van der Waals surface area contributed by atoms with E-state index in [-0.39, 0.29) is 18.0 Å². The Labute approximate surface area is 120 Å². The Bertz CT molecular complexity index is 658. The minimum absolute atomic E-state index is 0.0162. The van der Waals surface area contributed by atoms with Gasteiger partial charge in [0.05, 0.1) is 16.6 Å². The fourth-order valence-corrected chi connectivity index (χ4v) is 1.86. The van der Waals surface area contributed by atoms with Gasteiger partial charge in [-0.05, 0) is 30.7 Å². The lowest BCUT2D eigenvalue weighted by molar-refractivity contribution is -0.385. The second-order valence-corrected chi connectivity index (χ2v) is 4.54. The lowest BCUT2D eigenvalue weighted by Crippen LogP contribution is -2.02. The molecule has 0 spiro atoms. The first-order valence-corrected chi connectivity index (χ1v) is 6.31. The first kappa shape index (κ1) is 14.9. The minimum Gasteiger partial charge on any atom is -0.486 e. The summed E-state index contributed by atoms with van der Waals surface area (Å²) >= 11 is 0. The Morgan fingerprint density at radius 1 is 1.33 bits per heavy atom. The van der Waals surface area contributed by atoms with Gasteiger partial charge in [0.2, 0.25) is 0 Å². The van der Waals surface area contributed by atoms with Gasteiger partial charge in [0, 0.05) is 6.07 Å². The van der Waals surface area contributed by atoms with Gasteiger partial charge < -0.3 is 9.84 Å². The van der Waals surface area contributed by atoms with Crippen LogP contribution in [0.4, 0.5) is 10.1 Å². The van der Waals surface area contributed by atoms with E-state index in [1.165, 1.54) is 25.1 Å². The maximum atomic E-state index is 13.8. The average molecular weight is 291 g/mol. The van der Waals surface area contributed by atoms with Crippen molar-refractivity contribution in [2.45, 2.75) is 19.6 Å². The summed E-state index contributed by atoms with van der Waals surface area (Å²) in [6.07, 6.45) is -0.774. The molecule has 0 amide bonds. The topological polar surface area (TPSA) is 72.6 Å². The second kappa shape index (κ2) is 6.32. The maximum absolute atomic E-state index is 13.8. The molecule has 0 radical (unpaired) electrons. The van der Waals surface area contributed by atoms with E-state index in [1.54, 1.807) is 24.3 Å². The van der Waals surface area contributed by atoms with Crippen LogP contribution in [0.2, 0.25) is 0 Å². The van der Waals surface area contributed by atoms with Gasteiger partial charge in [-0.15, -0.1) is 0 Å². The van der Waals surface area contributed by atoms with Gasteiger partial charge >= 0.3 is 0 Å². The van der Waals surface area contributed by atoms with Crippen molar-refractivity contribution in [3.8, 4) is 5.75 Å². The molecule has 2 aromatic carbocycles. The summed E-state index contributed by atoms with van der Waals surface area (Å²) in [6, 6.07) is 10.2. The van der Waals surface area contributed by atoms with Crippen LogP contribution in [0.1, 0.15) is 24.2 Å². The third-order valence-corrected chi connectivity index (χ3v) is 3.01. The van der Waals surface area contributed by atoms with Crippen molar-refractivity contribution in [3.63, 3.8) is 0 Å².